The molecule has 0 atom stereocenters. The summed E-state index contributed by atoms with van der Waals surface area (Å²) in [5.74, 6) is 0. The number of benzene rings is 12. The van der Waals surface area contributed by atoms with E-state index >= 15 is 0 Å². The van der Waals surface area contributed by atoms with Crippen molar-refractivity contribution in [2.75, 3.05) is 9.80 Å². The van der Waals surface area contributed by atoms with Crippen molar-refractivity contribution in [3.63, 3.8) is 0 Å². The van der Waals surface area contributed by atoms with E-state index in [1.807, 2.05) is 0 Å². The first kappa shape index (κ1) is 44.0. The van der Waals surface area contributed by atoms with E-state index in [2.05, 4.69) is 303 Å². The minimum Gasteiger partial charge on any atom is -0.311 e. The molecule has 12 aromatic carbocycles. The van der Waals surface area contributed by atoms with Crippen LogP contribution < -0.4 is 9.80 Å². The molecule has 0 saturated carbocycles. The zero-order valence-corrected chi connectivity index (χ0v) is 40.5. The average Bonchev–Trinajstić information content (AvgIpc) is 3.44. The fourth-order valence-corrected chi connectivity index (χ4v) is 10.4. The molecule has 0 spiro atoms. The van der Waals surface area contributed by atoms with Crippen LogP contribution >= 0.6 is 0 Å². The maximum Gasteiger partial charge on any atom is 0.0462 e. The van der Waals surface area contributed by atoms with E-state index in [1.54, 1.807) is 0 Å². The van der Waals surface area contributed by atoms with E-state index in [-0.39, 0.29) is 0 Å². The summed E-state index contributed by atoms with van der Waals surface area (Å²) in [5, 5.41) is 4.93. The van der Waals surface area contributed by atoms with Gasteiger partial charge in [-0.25, -0.2) is 0 Å². The average molecular weight is 921 g/mol. The molecule has 0 N–H and O–H groups in total. The Morgan fingerprint density at radius 1 is 0.222 bits per heavy atom. The standard InChI is InChI=1S/C70H52N2/c1-49-23-43-67-58(45-49)34-44-66(56-32-41-65(42-33-56)72(61-21-13-6-14-22-61)63-37-28-54(29-38-63)52-17-9-4-10-18-52)70(67)69-47-50(2)46-59-25-24-57(48-68(59)69)55-30-39-64(40-31-55)71(60-19-11-5-12-20-60)62-35-26-53(27-36-62)51-15-7-3-8-16-51/h3-48H,1-2H3. The third-order valence-electron chi connectivity index (χ3n) is 13.9. The molecule has 0 bridgehead atoms. The Labute approximate surface area is 423 Å². The van der Waals surface area contributed by atoms with Gasteiger partial charge in [0.25, 0.3) is 0 Å². The van der Waals surface area contributed by atoms with Gasteiger partial charge in [-0.2, -0.15) is 0 Å². The molecule has 0 heterocycles. The molecule has 0 radical (unpaired) electrons. The first-order chi connectivity index (χ1) is 35.5. The van der Waals surface area contributed by atoms with Crippen LogP contribution in [0.5, 0.6) is 0 Å². The molecule has 342 valence electrons. The molecule has 0 saturated heterocycles. The summed E-state index contributed by atoms with van der Waals surface area (Å²) in [7, 11) is 0. The summed E-state index contributed by atoms with van der Waals surface area (Å²) in [4.78, 5) is 4.67. The molecule has 12 rings (SSSR count). The Morgan fingerprint density at radius 3 is 1.07 bits per heavy atom. The van der Waals surface area contributed by atoms with Gasteiger partial charge in [-0.3, -0.25) is 0 Å². The zero-order valence-electron chi connectivity index (χ0n) is 40.5. The third-order valence-corrected chi connectivity index (χ3v) is 13.9. The van der Waals surface area contributed by atoms with Crippen LogP contribution in [0, 0.1) is 13.8 Å². The van der Waals surface area contributed by atoms with E-state index in [0.717, 1.165) is 34.1 Å². The van der Waals surface area contributed by atoms with Crippen molar-refractivity contribution >= 4 is 55.7 Å². The van der Waals surface area contributed by atoms with Crippen molar-refractivity contribution in [2.24, 2.45) is 0 Å². The predicted molar refractivity (Wildman–Crippen MR) is 307 cm³/mol. The lowest BCUT2D eigenvalue weighted by molar-refractivity contribution is 1.28. The van der Waals surface area contributed by atoms with Gasteiger partial charge in [-0.15, -0.1) is 0 Å². The zero-order chi connectivity index (χ0) is 48.4. The largest absolute Gasteiger partial charge is 0.311 e. The van der Waals surface area contributed by atoms with Gasteiger partial charge >= 0.3 is 0 Å². The van der Waals surface area contributed by atoms with Gasteiger partial charge in [-0.1, -0.05) is 206 Å². The molecule has 2 heteroatoms. The van der Waals surface area contributed by atoms with Crippen molar-refractivity contribution in [1.29, 1.82) is 0 Å². The number of aryl methyl sites for hydroxylation is 2. The van der Waals surface area contributed by atoms with E-state index < -0.39 is 0 Å². The van der Waals surface area contributed by atoms with E-state index in [1.165, 1.54) is 88.3 Å². The van der Waals surface area contributed by atoms with Crippen molar-refractivity contribution < 1.29 is 0 Å². The van der Waals surface area contributed by atoms with Crippen LogP contribution in [0.15, 0.2) is 279 Å². The lowest BCUT2D eigenvalue weighted by Gasteiger charge is -2.26. The van der Waals surface area contributed by atoms with Crippen molar-refractivity contribution in [3.8, 4) is 55.6 Å². The Hall–Kier alpha value is -9.24. The van der Waals surface area contributed by atoms with Gasteiger partial charge in [-0.05, 0) is 175 Å². The molecule has 0 aromatic heterocycles. The van der Waals surface area contributed by atoms with Crippen LogP contribution in [-0.2, 0) is 0 Å². The topological polar surface area (TPSA) is 6.48 Å². The van der Waals surface area contributed by atoms with Crippen molar-refractivity contribution in [1.82, 2.24) is 0 Å². The lowest BCUT2D eigenvalue weighted by atomic mass is 9.85. The molecule has 0 fully saturated rings. The van der Waals surface area contributed by atoms with Crippen LogP contribution in [0.1, 0.15) is 11.1 Å². The Kier molecular flexibility index (Phi) is 11.8. The second-order valence-corrected chi connectivity index (χ2v) is 18.7. The van der Waals surface area contributed by atoms with E-state index in [4.69, 9.17) is 0 Å². The van der Waals surface area contributed by atoms with Gasteiger partial charge in [0.05, 0.1) is 0 Å². The van der Waals surface area contributed by atoms with Gasteiger partial charge in [0.2, 0.25) is 0 Å². The fraction of sp³-hybridized carbons (Fsp3) is 0.0286. The number of fused-ring (bicyclic) bond motifs is 2. The Balaban J connectivity index is 0.927. The summed E-state index contributed by atoms with van der Waals surface area (Å²) >= 11 is 0. The van der Waals surface area contributed by atoms with Crippen LogP contribution in [0.4, 0.5) is 34.1 Å². The maximum absolute atomic E-state index is 2.40. The number of rotatable bonds is 11. The highest BCUT2D eigenvalue weighted by atomic mass is 15.1. The highest BCUT2D eigenvalue weighted by Crippen LogP contribution is 2.45. The summed E-state index contributed by atoms with van der Waals surface area (Å²) in [6.07, 6.45) is 0. The first-order valence-corrected chi connectivity index (χ1v) is 24.8. The fourth-order valence-electron chi connectivity index (χ4n) is 10.4. The smallest absolute Gasteiger partial charge is 0.0462 e. The highest BCUT2D eigenvalue weighted by Gasteiger charge is 2.19. The number of hydrogen-bond donors (Lipinski definition) is 0. The summed E-state index contributed by atoms with van der Waals surface area (Å²) in [6, 6.07) is 102. The SMILES string of the molecule is Cc1cc(-c2c(-c3ccc(N(c4ccccc4)c4ccc(-c5ccccc5)cc4)cc3)ccc3cc(C)ccc23)c2cc(-c3ccc(N(c4ccccc4)c4ccc(-c5ccccc5)cc4)cc3)ccc2c1. The predicted octanol–water partition coefficient (Wildman–Crippen LogP) is 19.9. The van der Waals surface area contributed by atoms with E-state index in [0.29, 0.717) is 0 Å². The second-order valence-electron chi connectivity index (χ2n) is 18.7. The number of hydrogen-bond acceptors (Lipinski definition) is 2. The minimum atomic E-state index is 1.10. The molecule has 12 aromatic rings. The summed E-state index contributed by atoms with van der Waals surface area (Å²) in [6.45, 7) is 4.40. The quantitative estimate of drug-likeness (QED) is 0.128. The maximum atomic E-state index is 2.40. The molecular weight excluding hydrogens is 869 g/mol. The molecule has 0 aliphatic carbocycles. The van der Waals surface area contributed by atoms with Gasteiger partial charge < -0.3 is 9.80 Å². The van der Waals surface area contributed by atoms with E-state index in [9.17, 15) is 0 Å². The summed E-state index contributed by atoms with van der Waals surface area (Å²) < 4.78 is 0. The molecular formula is C70H52N2. The van der Waals surface area contributed by atoms with Crippen molar-refractivity contribution in [3.05, 3.63) is 290 Å². The normalized spacial score (nSPS) is 11.2. The molecule has 0 aliphatic heterocycles. The molecule has 72 heavy (non-hydrogen) atoms. The van der Waals surface area contributed by atoms with Crippen LogP contribution in [0.2, 0.25) is 0 Å². The van der Waals surface area contributed by atoms with Gasteiger partial charge in [0, 0.05) is 34.1 Å². The number of nitrogens with zero attached hydrogens (tertiary/aromatic N) is 2. The number of anilines is 6. The summed E-state index contributed by atoms with van der Waals surface area (Å²) in [5.41, 5.74) is 21.1. The highest BCUT2D eigenvalue weighted by molar-refractivity contribution is 6.11. The van der Waals surface area contributed by atoms with Crippen molar-refractivity contribution in [2.45, 2.75) is 13.8 Å². The number of para-hydroxylation sites is 2. The monoisotopic (exact) mass is 920 g/mol. The first-order valence-electron chi connectivity index (χ1n) is 24.8. The minimum absolute atomic E-state index is 1.10. The Bertz CT molecular complexity index is 3810. The van der Waals surface area contributed by atoms with Gasteiger partial charge in [0.1, 0.15) is 0 Å². The van der Waals surface area contributed by atoms with Crippen LogP contribution in [0.3, 0.4) is 0 Å². The second kappa shape index (κ2) is 19.3. The molecule has 0 unspecified atom stereocenters. The van der Waals surface area contributed by atoms with Crippen LogP contribution in [-0.4, -0.2) is 0 Å². The van der Waals surface area contributed by atoms with Crippen LogP contribution in [0.25, 0.3) is 77.2 Å². The lowest BCUT2D eigenvalue weighted by Crippen LogP contribution is -2.09. The molecule has 0 aliphatic rings. The Morgan fingerprint density at radius 2 is 0.583 bits per heavy atom. The molecule has 0 amide bonds. The molecule has 2 nitrogen and oxygen atoms in total. The third kappa shape index (κ3) is 8.72. The van der Waals surface area contributed by atoms with Gasteiger partial charge in [0.15, 0.2) is 0 Å².